The number of carbonyl (C=O) groups excluding carboxylic acids is 3. The molecule has 6 rings (SSSR count). The van der Waals surface area contributed by atoms with E-state index >= 15 is 0 Å². The van der Waals surface area contributed by atoms with Crippen LogP contribution in [0.3, 0.4) is 0 Å². The van der Waals surface area contributed by atoms with Crippen LogP contribution in [0.4, 0.5) is 4.79 Å². The fourth-order valence-electron chi connectivity index (χ4n) is 9.31. The van der Waals surface area contributed by atoms with Crippen molar-refractivity contribution in [1.29, 1.82) is 0 Å². The zero-order valence-corrected chi connectivity index (χ0v) is 21.8. The summed E-state index contributed by atoms with van der Waals surface area (Å²) in [5.74, 6) is 2.86. The molecule has 3 amide bonds. The highest BCUT2D eigenvalue weighted by Crippen LogP contribution is 2.65. The van der Waals surface area contributed by atoms with Gasteiger partial charge in [0.15, 0.2) is 5.78 Å². The van der Waals surface area contributed by atoms with Crippen LogP contribution in [0.2, 0.25) is 0 Å². The molecule has 0 aromatic rings. The molecular formula is C29H46N2O3. The number of Topliss-reactive ketones (excluding diaryl/α,β-unsaturated/α-hetero) is 1. The maximum atomic E-state index is 14.0. The molecule has 1 aliphatic heterocycles. The summed E-state index contributed by atoms with van der Waals surface area (Å²) in [7, 11) is 1.82. The summed E-state index contributed by atoms with van der Waals surface area (Å²) in [6, 6.07) is -0.251. The van der Waals surface area contributed by atoms with Gasteiger partial charge < -0.3 is 4.90 Å². The van der Waals surface area contributed by atoms with Gasteiger partial charge in [0.1, 0.15) is 5.54 Å². The van der Waals surface area contributed by atoms with Crippen LogP contribution in [0, 0.1) is 35.0 Å². The number of nitrogens with zero attached hydrogens (tertiary/aromatic N) is 2. The Balaban J connectivity index is 1.29. The van der Waals surface area contributed by atoms with E-state index in [9.17, 15) is 14.4 Å². The second-order valence-electron chi connectivity index (χ2n) is 13.0. The second kappa shape index (κ2) is 9.24. The number of ketones is 1. The lowest BCUT2D eigenvalue weighted by Gasteiger charge is -2.62. The number of likely N-dealkylation sites (N-methyl/N-ethyl adjacent to an activating group) is 1. The maximum Gasteiger partial charge on any atom is 0.327 e. The van der Waals surface area contributed by atoms with Crippen LogP contribution in [-0.2, 0) is 9.59 Å². The predicted molar refractivity (Wildman–Crippen MR) is 133 cm³/mol. The molecule has 0 radical (unpaired) electrons. The minimum Gasteiger partial charge on any atom is -0.312 e. The Kier molecular flexibility index (Phi) is 6.61. The van der Waals surface area contributed by atoms with Crippen molar-refractivity contribution in [3.8, 4) is 0 Å². The lowest BCUT2D eigenvalue weighted by atomic mass is 9.44. The van der Waals surface area contributed by atoms with Crippen molar-refractivity contribution in [2.24, 2.45) is 35.0 Å². The van der Waals surface area contributed by atoms with E-state index in [2.05, 4.69) is 6.92 Å². The van der Waals surface area contributed by atoms with Crippen LogP contribution in [0.15, 0.2) is 0 Å². The number of imide groups is 1. The molecule has 0 N–H and O–H groups in total. The molecule has 5 nitrogen and oxygen atoms in total. The summed E-state index contributed by atoms with van der Waals surface area (Å²) in [5.41, 5.74) is -0.909. The van der Waals surface area contributed by atoms with E-state index in [1.807, 2.05) is 14.0 Å². The van der Waals surface area contributed by atoms with Crippen molar-refractivity contribution in [1.82, 2.24) is 9.80 Å². The van der Waals surface area contributed by atoms with E-state index in [0.717, 1.165) is 50.9 Å². The van der Waals surface area contributed by atoms with Gasteiger partial charge in [-0.05, 0) is 88.4 Å². The fourth-order valence-corrected chi connectivity index (χ4v) is 9.31. The summed E-state index contributed by atoms with van der Waals surface area (Å²) in [4.78, 5) is 43.9. The van der Waals surface area contributed by atoms with Gasteiger partial charge in [0, 0.05) is 18.4 Å². The highest BCUT2D eigenvalue weighted by molar-refractivity contribution is 6.09. The van der Waals surface area contributed by atoms with Crippen LogP contribution < -0.4 is 0 Å². The van der Waals surface area contributed by atoms with E-state index in [-0.39, 0.29) is 35.6 Å². The first kappa shape index (κ1) is 24.3. The molecule has 6 fully saturated rings. The lowest BCUT2D eigenvalue weighted by Crippen LogP contribution is -2.64. The molecule has 2 atom stereocenters. The third-order valence-electron chi connectivity index (χ3n) is 11.0. The van der Waals surface area contributed by atoms with Gasteiger partial charge in [-0.25, -0.2) is 4.79 Å². The Bertz CT molecular complexity index is 781. The average molecular weight is 471 g/mol. The van der Waals surface area contributed by atoms with E-state index in [1.165, 1.54) is 56.3 Å². The minimum atomic E-state index is -0.803. The van der Waals surface area contributed by atoms with E-state index in [0.29, 0.717) is 17.8 Å². The first-order valence-electron chi connectivity index (χ1n) is 14.4. The van der Waals surface area contributed by atoms with Gasteiger partial charge in [-0.1, -0.05) is 45.4 Å². The molecule has 190 valence electrons. The molecule has 2 unspecified atom stereocenters. The van der Waals surface area contributed by atoms with E-state index in [1.54, 1.807) is 4.90 Å². The molecule has 5 saturated carbocycles. The number of hydrogen-bond donors (Lipinski definition) is 0. The fraction of sp³-hybridized carbons (Fsp3) is 0.897. The van der Waals surface area contributed by atoms with Gasteiger partial charge >= 0.3 is 6.03 Å². The van der Waals surface area contributed by atoms with Crippen LogP contribution in [0.5, 0.6) is 0 Å². The third-order valence-corrected chi connectivity index (χ3v) is 11.0. The van der Waals surface area contributed by atoms with Gasteiger partial charge in [0.2, 0.25) is 0 Å². The Morgan fingerprint density at radius 1 is 0.971 bits per heavy atom. The van der Waals surface area contributed by atoms with Crippen LogP contribution >= 0.6 is 0 Å². The van der Waals surface area contributed by atoms with Crippen molar-refractivity contribution in [3.63, 3.8) is 0 Å². The molecule has 4 bridgehead atoms. The van der Waals surface area contributed by atoms with Crippen LogP contribution in [-0.4, -0.2) is 46.7 Å². The molecule has 34 heavy (non-hydrogen) atoms. The highest BCUT2D eigenvalue weighted by Gasteiger charge is 2.68. The number of rotatable bonds is 9. The summed E-state index contributed by atoms with van der Waals surface area (Å²) >= 11 is 0. The first-order chi connectivity index (χ1) is 16.3. The molecular weight excluding hydrogens is 424 g/mol. The smallest absolute Gasteiger partial charge is 0.312 e. The van der Waals surface area contributed by atoms with Crippen LogP contribution in [0.1, 0.15) is 110 Å². The monoisotopic (exact) mass is 470 g/mol. The molecule has 5 aliphatic carbocycles. The third kappa shape index (κ3) is 3.93. The summed E-state index contributed by atoms with van der Waals surface area (Å²) < 4.78 is 0. The second-order valence-corrected chi connectivity index (χ2v) is 13.0. The summed E-state index contributed by atoms with van der Waals surface area (Å²) in [6.07, 6.45) is 17.6. The average Bonchev–Trinajstić information content (AvgIpc) is 2.98. The summed E-state index contributed by atoms with van der Waals surface area (Å²) in [6.45, 7) is 4.13. The Morgan fingerprint density at radius 3 is 2.12 bits per heavy atom. The molecule has 5 heteroatoms. The number of amides is 3. The van der Waals surface area contributed by atoms with Crippen molar-refractivity contribution >= 4 is 17.7 Å². The molecule has 1 saturated heterocycles. The van der Waals surface area contributed by atoms with Crippen molar-refractivity contribution in [3.05, 3.63) is 0 Å². The van der Waals surface area contributed by atoms with E-state index in [4.69, 9.17) is 0 Å². The Labute approximate surface area is 206 Å². The number of carbonyl (C=O) groups is 3. The van der Waals surface area contributed by atoms with Crippen molar-refractivity contribution in [2.75, 3.05) is 13.6 Å². The topological polar surface area (TPSA) is 57.7 Å². The molecule has 0 spiro atoms. The molecule has 6 aliphatic rings. The van der Waals surface area contributed by atoms with Crippen LogP contribution in [0.25, 0.3) is 0 Å². The van der Waals surface area contributed by atoms with Gasteiger partial charge in [0.05, 0.1) is 6.54 Å². The zero-order chi connectivity index (χ0) is 24.1. The molecule has 1 heterocycles. The Hall–Kier alpha value is -1.39. The van der Waals surface area contributed by atoms with Crippen molar-refractivity contribution < 1.29 is 14.4 Å². The number of hydrogen-bond acceptors (Lipinski definition) is 3. The number of urea groups is 1. The zero-order valence-electron chi connectivity index (χ0n) is 21.8. The Morgan fingerprint density at radius 2 is 1.56 bits per heavy atom. The standard InChI is InChI=1S/C29H46N2O3/c1-4-8-24(12-11-20-9-6-5-7-10-20)25(32)19-31-26(33)28(2,30(3)27(31)34)29-16-21-13-22(17-29)15-23(14-21)18-29/h20-24H,4-19H2,1-3H3/t21-,22+,23?,24?,28?,29?. The molecule has 0 aromatic heterocycles. The lowest BCUT2D eigenvalue weighted by molar-refractivity contribution is -0.157. The largest absolute Gasteiger partial charge is 0.327 e. The highest BCUT2D eigenvalue weighted by atomic mass is 16.2. The van der Waals surface area contributed by atoms with Gasteiger partial charge in [-0.2, -0.15) is 0 Å². The maximum absolute atomic E-state index is 14.0. The predicted octanol–water partition coefficient (Wildman–Crippen LogP) is 6.20. The first-order valence-corrected chi connectivity index (χ1v) is 14.4. The minimum absolute atomic E-state index is 0.0239. The quantitative estimate of drug-likeness (QED) is 0.377. The SMILES string of the molecule is CCCC(CCC1CCCCC1)C(=O)CN1C(=O)N(C)C(C)(C23CC4C[C@H](C2)C[C@@H](C4)C3)C1=O. The van der Waals surface area contributed by atoms with E-state index < -0.39 is 5.54 Å². The van der Waals surface area contributed by atoms with Gasteiger partial charge in [-0.3, -0.25) is 14.5 Å². The van der Waals surface area contributed by atoms with Crippen molar-refractivity contribution in [2.45, 2.75) is 116 Å². The van der Waals surface area contributed by atoms with Gasteiger partial charge in [-0.15, -0.1) is 0 Å². The normalized spacial score (nSPS) is 38.7. The molecule has 0 aromatic carbocycles. The summed E-state index contributed by atoms with van der Waals surface area (Å²) in [5, 5.41) is 0. The van der Waals surface area contributed by atoms with Gasteiger partial charge in [0.25, 0.3) is 5.91 Å².